The smallest absolute Gasteiger partial charge is 0.348 e. The normalized spacial score (nSPS) is 11.7. The average Bonchev–Trinajstić information content (AvgIpc) is 3.69. The van der Waals surface area contributed by atoms with Gasteiger partial charge in [0.2, 0.25) is 0 Å². The van der Waals surface area contributed by atoms with Crippen LogP contribution < -0.4 is 10.4 Å². The zero-order chi connectivity index (χ0) is 32.8. The highest BCUT2D eigenvalue weighted by atomic mass is 32.2. The molecule has 0 saturated heterocycles. The van der Waals surface area contributed by atoms with Crippen LogP contribution in [0.4, 0.5) is 21.9 Å². The third-order valence-corrected chi connectivity index (χ3v) is 8.04. The van der Waals surface area contributed by atoms with Crippen LogP contribution >= 0.6 is 11.8 Å². The number of hydrogen-bond acceptors (Lipinski definition) is 10. The summed E-state index contributed by atoms with van der Waals surface area (Å²) in [6.45, 7) is 0.713. The van der Waals surface area contributed by atoms with Crippen molar-refractivity contribution in [3.63, 3.8) is 0 Å². The number of rotatable bonds is 15. The fraction of sp³-hybridized carbons (Fsp3) is 0.265. The number of thioether (sulfide) groups is 1. The molecule has 47 heavy (non-hydrogen) atoms. The predicted octanol–water partition coefficient (Wildman–Crippen LogP) is 6.41. The molecule has 12 nitrogen and oxygen atoms in total. The van der Waals surface area contributed by atoms with Gasteiger partial charge in [-0.25, -0.2) is 4.79 Å². The van der Waals surface area contributed by atoms with Gasteiger partial charge >= 0.3 is 12.0 Å². The number of hydrogen-bond donors (Lipinski definition) is 1. The molecule has 2 aromatic heterocycles. The average molecular weight is 652 g/mol. The Bertz CT molecular complexity index is 1830. The predicted molar refractivity (Wildman–Crippen MR) is 181 cm³/mol. The van der Waals surface area contributed by atoms with Gasteiger partial charge in [0.05, 0.1) is 28.3 Å². The second-order valence-corrected chi connectivity index (χ2v) is 11.7. The highest BCUT2D eigenvalue weighted by Crippen LogP contribution is 2.21. The second kappa shape index (κ2) is 16.9. The number of nitrogens with zero attached hydrogens (tertiary/aromatic N) is 7. The molecule has 242 valence electrons. The number of azo groups is 1. The fourth-order valence-corrected chi connectivity index (χ4v) is 5.38. The Kier molecular flexibility index (Phi) is 11.9. The van der Waals surface area contributed by atoms with Gasteiger partial charge in [-0.2, -0.15) is 26.7 Å². The van der Waals surface area contributed by atoms with Crippen molar-refractivity contribution in [1.82, 2.24) is 19.6 Å². The molecular weight excluding hydrogens is 616 g/mol. The monoisotopic (exact) mass is 651 g/mol. The third-order valence-electron chi connectivity index (χ3n) is 7.05. The van der Waals surface area contributed by atoms with E-state index in [-0.39, 0.29) is 11.9 Å². The number of ether oxygens (including phenoxy) is 1. The highest BCUT2D eigenvalue weighted by molar-refractivity contribution is 7.98. The van der Waals surface area contributed by atoms with Gasteiger partial charge in [-0.15, -0.1) is 5.10 Å². The van der Waals surface area contributed by atoms with Gasteiger partial charge in [-0.1, -0.05) is 54.1 Å². The molecule has 0 atom stereocenters. The highest BCUT2D eigenvalue weighted by Gasteiger charge is 2.13. The van der Waals surface area contributed by atoms with Crippen molar-refractivity contribution in [2.45, 2.75) is 31.4 Å². The van der Waals surface area contributed by atoms with E-state index in [1.165, 1.54) is 10.2 Å². The number of anilines is 1. The topological polar surface area (TPSA) is 151 Å². The van der Waals surface area contributed by atoms with Crippen molar-refractivity contribution in [3.05, 3.63) is 102 Å². The number of esters is 1. The molecule has 3 aromatic carbocycles. The minimum absolute atomic E-state index is 0.218. The van der Waals surface area contributed by atoms with E-state index in [0.717, 1.165) is 23.5 Å². The number of unbranched alkanes of at least 4 members (excludes halogenated alkanes) is 2. The van der Waals surface area contributed by atoms with Crippen LogP contribution in [-0.4, -0.2) is 56.4 Å². The van der Waals surface area contributed by atoms with Crippen molar-refractivity contribution in [3.8, 4) is 0 Å². The van der Waals surface area contributed by atoms with E-state index in [4.69, 9.17) is 4.74 Å². The number of benzene rings is 3. The lowest BCUT2D eigenvalue weighted by Gasteiger charge is -2.11. The largest absolute Gasteiger partial charge is 0.857 e. The van der Waals surface area contributed by atoms with Gasteiger partial charge in [0, 0.05) is 43.6 Å². The lowest BCUT2D eigenvalue weighted by atomic mass is 10.2. The summed E-state index contributed by atoms with van der Waals surface area (Å²) < 4.78 is 8.15. The van der Waals surface area contributed by atoms with E-state index in [2.05, 4.69) is 30.8 Å². The first-order valence-electron chi connectivity index (χ1n) is 15.3. The lowest BCUT2D eigenvalue weighted by Crippen LogP contribution is -2.22. The molecule has 5 aromatic rings. The standard InChI is InChI=1S/C34H36N8O4S/c1-41-23-28(36-34(45)42-30-13-8-7-12-29(30)39-40-42)22-31(41)33(44)35-19-9-3-6-14-32(43)46-20-21-47-24-25-15-17-27(18-16-25)38-37-26-10-4-2-5-11-26/h2,4-5,7-8,10-13,15-18,22-23H,3,6,9,14,19-21,24H2,1H3,(H,35,44)(H,36,45)/p-1. The second-order valence-electron chi connectivity index (χ2n) is 10.6. The summed E-state index contributed by atoms with van der Waals surface area (Å²) in [6, 6.07) is 25.8. The minimum atomic E-state index is -0.484. The molecule has 0 radical (unpaired) electrons. The Morgan fingerprint density at radius 3 is 2.49 bits per heavy atom. The molecule has 0 spiro atoms. The summed E-state index contributed by atoms with van der Waals surface area (Å²) in [4.78, 5) is 28.9. The number of carbonyl (C=O) groups is 2. The van der Waals surface area contributed by atoms with Gasteiger partial charge in [-0.3, -0.25) is 9.79 Å². The van der Waals surface area contributed by atoms with Crippen molar-refractivity contribution in [2.24, 2.45) is 22.3 Å². The molecule has 0 fully saturated rings. The van der Waals surface area contributed by atoms with Crippen LogP contribution in [0.5, 0.6) is 0 Å². The molecule has 0 aliphatic heterocycles. The summed E-state index contributed by atoms with van der Waals surface area (Å²) >= 11 is 1.70. The Balaban J connectivity index is 0.928. The van der Waals surface area contributed by atoms with Gasteiger partial charge in [0.15, 0.2) is 0 Å². The number of nitrogens with one attached hydrogen (secondary N) is 1. The van der Waals surface area contributed by atoms with Crippen LogP contribution in [0.2, 0.25) is 0 Å². The van der Waals surface area contributed by atoms with Gasteiger partial charge in [-0.05, 0) is 60.9 Å². The summed E-state index contributed by atoms with van der Waals surface area (Å²) in [6.07, 6.45) is 4.07. The maximum absolute atomic E-state index is 12.7. The van der Waals surface area contributed by atoms with E-state index in [1.54, 1.807) is 53.8 Å². The molecule has 0 unspecified atom stereocenters. The number of amides is 1. The summed E-state index contributed by atoms with van der Waals surface area (Å²) in [5.41, 5.74) is 4.76. The van der Waals surface area contributed by atoms with Gasteiger partial charge in [0.25, 0.3) is 0 Å². The zero-order valence-corrected chi connectivity index (χ0v) is 26.8. The fourth-order valence-electron chi connectivity index (χ4n) is 4.61. The molecule has 0 saturated carbocycles. The molecule has 1 N–H and O–H groups in total. The van der Waals surface area contributed by atoms with Crippen LogP contribution in [0.1, 0.15) is 36.9 Å². The van der Waals surface area contributed by atoms with Crippen molar-refractivity contribution < 1.29 is 19.4 Å². The van der Waals surface area contributed by atoms with Crippen molar-refractivity contribution >= 4 is 57.8 Å². The third kappa shape index (κ3) is 9.84. The zero-order valence-electron chi connectivity index (χ0n) is 26.0. The molecular formula is C34H35N8O4S-. The van der Waals surface area contributed by atoms with Crippen LogP contribution in [0, 0.1) is 0 Å². The van der Waals surface area contributed by atoms with Crippen LogP contribution in [0.15, 0.2) is 106 Å². The Labute approximate surface area is 276 Å². The molecule has 13 heteroatoms. The van der Waals surface area contributed by atoms with Crippen molar-refractivity contribution in [1.29, 1.82) is 0 Å². The van der Waals surface area contributed by atoms with Crippen LogP contribution in [0.3, 0.4) is 0 Å². The maximum Gasteiger partial charge on any atom is 0.348 e. The van der Waals surface area contributed by atoms with Crippen LogP contribution in [-0.2, 0) is 22.3 Å². The molecule has 0 bridgehead atoms. The van der Waals surface area contributed by atoms with Crippen LogP contribution in [0.25, 0.3) is 11.0 Å². The summed E-state index contributed by atoms with van der Waals surface area (Å²) in [5, 5.41) is 31.8. The van der Waals surface area contributed by atoms with Crippen molar-refractivity contribution in [2.75, 3.05) is 24.2 Å². The SMILES string of the molecule is Cn1cc(NC(=O)n2nnc3ccccc32)cc1C([O-])=NCCCCCC(=O)OCCSCc1ccc(N=Nc2ccccc2)cc1. The Morgan fingerprint density at radius 2 is 1.68 bits per heavy atom. The van der Waals surface area contributed by atoms with Gasteiger partial charge in [0.1, 0.15) is 12.1 Å². The minimum Gasteiger partial charge on any atom is -0.857 e. The first kappa shape index (κ1) is 33.1. The first-order chi connectivity index (χ1) is 23.0. The summed E-state index contributed by atoms with van der Waals surface area (Å²) in [5.74, 6) is 0.934. The number of para-hydroxylation sites is 1. The quantitative estimate of drug-likeness (QED) is 0.0452. The van der Waals surface area contributed by atoms with E-state index < -0.39 is 6.03 Å². The molecule has 2 heterocycles. The summed E-state index contributed by atoms with van der Waals surface area (Å²) in [7, 11) is 1.71. The molecule has 1 amide bonds. The molecule has 5 rings (SSSR count). The van der Waals surface area contributed by atoms with Gasteiger partial charge < -0.3 is 19.7 Å². The van der Waals surface area contributed by atoms with E-state index in [0.29, 0.717) is 60.6 Å². The molecule has 0 aliphatic carbocycles. The number of aromatic nitrogens is 4. The van der Waals surface area contributed by atoms with E-state index in [9.17, 15) is 14.7 Å². The lowest BCUT2D eigenvalue weighted by molar-refractivity contribution is -0.213. The number of aliphatic imine (C=N–C) groups is 1. The maximum atomic E-state index is 12.7. The Hall–Kier alpha value is -5.30. The number of fused-ring (bicyclic) bond motifs is 1. The Morgan fingerprint density at radius 1 is 0.936 bits per heavy atom. The number of carbonyl (C=O) groups excluding carboxylic acids is 2. The number of aryl methyl sites for hydroxylation is 1. The van der Waals surface area contributed by atoms with E-state index in [1.807, 2.05) is 60.7 Å². The first-order valence-corrected chi connectivity index (χ1v) is 16.4. The molecule has 0 aliphatic rings. The van der Waals surface area contributed by atoms with E-state index >= 15 is 0 Å².